The van der Waals surface area contributed by atoms with Gasteiger partial charge in [0.2, 0.25) is 0 Å². The van der Waals surface area contributed by atoms with E-state index in [0.29, 0.717) is 23.6 Å². The molecule has 3 unspecified atom stereocenters. The lowest BCUT2D eigenvalue weighted by Crippen LogP contribution is -2.63. The van der Waals surface area contributed by atoms with Crippen LogP contribution in [0.25, 0.3) is 0 Å². The summed E-state index contributed by atoms with van der Waals surface area (Å²) in [4.78, 5) is 11.4. The summed E-state index contributed by atoms with van der Waals surface area (Å²) in [7, 11) is 1.39. The molecule has 0 spiro atoms. The van der Waals surface area contributed by atoms with E-state index < -0.39 is 0 Å². The van der Waals surface area contributed by atoms with E-state index in [1.54, 1.807) is 12.1 Å². The number of benzene rings is 1. The summed E-state index contributed by atoms with van der Waals surface area (Å²) in [6.45, 7) is 5.37. The van der Waals surface area contributed by atoms with Crippen molar-refractivity contribution in [3.63, 3.8) is 0 Å². The van der Waals surface area contributed by atoms with E-state index in [1.807, 2.05) is 12.1 Å². The molecule has 2 fully saturated rings. The van der Waals surface area contributed by atoms with Crippen molar-refractivity contribution in [2.45, 2.75) is 32.4 Å². The van der Waals surface area contributed by atoms with Gasteiger partial charge in [-0.2, -0.15) is 0 Å². The van der Waals surface area contributed by atoms with Crippen LogP contribution in [0.4, 0.5) is 5.69 Å². The number of methoxy groups -OCH3 is 1. The zero-order chi connectivity index (χ0) is 14.3. The lowest BCUT2D eigenvalue weighted by Gasteiger charge is -2.55. The minimum absolute atomic E-state index is 0.155. The van der Waals surface area contributed by atoms with Crippen molar-refractivity contribution >= 4 is 11.7 Å². The number of ether oxygens (including phenoxy) is 2. The highest BCUT2D eigenvalue weighted by Crippen LogP contribution is 2.53. The van der Waals surface area contributed by atoms with Crippen molar-refractivity contribution in [3.8, 4) is 0 Å². The van der Waals surface area contributed by atoms with Gasteiger partial charge >= 0.3 is 5.97 Å². The Balaban J connectivity index is 1.70. The molecule has 1 heterocycles. The van der Waals surface area contributed by atoms with Crippen LogP contribution in [0.2, 0.25) is 0 Å². The second kappa shape index (κ2) is 4.77. The Morgan fingerprint density at radius 1 is 1.35 bits per heavy atom. The van der Waals surface area contributed by atoms with E-state index in [4.69, 9.17) is 9.47 Å². The Morgan fingerprint density at radius 3 is 2.70 bits per heavy atom. The Labute approximate surface area is 119 Å². The fraction of sp³-hybridized carbons (Fsp3) is 0.562. The number of nitrogens with one attached hydrogen (secondary N) is 1. The van der Waals surface area contributed by atoms with Crippen LogP contribution in [0, 0.1) is 11.3 Å². The monoisotopic (exact) mass is 275 g/mol. The molecule has 20 heavy (non-hydrogen) atoms. The van der Waals surface area contributed by atoms with Crippen LogP contribution >= 0.6 is 0 Å². The highest BCUT2D eigenvalue weighted by molar-refractivity contribution is 5.89. The van der Waals surface area contributed by atoms with Gasteiger partial charge in [0.05, 0.1) is 18.8 Å². The highest BCUT2D eigenvalue weighted by Gasteiger charge is 2.59. The van der Waals surface area contributed by atoms with Crippen LogP contribution in [0.3, 0.4) is 0 Å². The molecular formula is C16H21NO3. The van der Waals surface area contributed by atoms with E-state index in [2.05, 4.69) is 19.2 Å². The normalized spacial score (nSPS) is 30.2. The topological polar surface area (TPSA) is 47.6 Å². The predicted octanol–water partition coefficient (Wildman–Crippen LogP) is 2.70. The molecule has 108 valence electrons. The number of rotatable bonds is 3. The quantitative estimate of drug-likeness (QED) is 0.862. The first-order valence-corrected chi connectivity index (χ1v) is 7.10. The van der Waals surface area contributed by atoms with E-state index >= 15 is 0 Å². The van der Waals surface area contributed by atoms with E-state index in [1.165, 1.54) is 7.11 Å². The van der Waals surface area contributed by atoms with Crippen LogP contribution in [-0.2, 0) is 9.47 Å². The summed E-state index contributed by atoms with van der Waals surface area (Å²) in [6, 6.07) is 7.89. The molecule has 2 aliphatic rings. The molecule has 0 bridgehead atoms. The molecular weight excluding hydrogens is 254 g/mol. The Hall–Kier alpha value is -1.55. The molecule has 0 aromatic heterocycles. The van der Waals surface area contributed by atoms with Crippen molar-refractivity contribution in [3.05, 3.63) is 29.8 Å². The van der Waals surface area contributed by atoms with Crippen LogP contribution in [0.1, 0.15) is 30.6 Å². The van der Waals surface area contributed by atoms with E-state index in [-0.39, 0.29) is 11.4 Å². The molecule has 3 rings (SSSR count). The Bertz CT molecular complexity index is 509. The predicted molar refractivity (Wildman–Crippen MR) is 76.8 cm³/mol. The van der Waals surface area contributed by atoms with E-state index in [0.717, 1.165) is 18.7 Å². The number of anilines is 1. The molecule has 1 aliphatic heterocycles. The summed E-state index contributed by atoms with van der Waals surface area (Å²) in [5.41, 5.74) is 1.77. The molecule has 1 aliphatic carbocycles. The van der Waals surface area contributed by atoms with Crippen molar-refractivity contribution in [2.75, 3.05) is 19.0 Å². The zero-order valence-corrected chi connectivity index (χ0v) is 12.2. The lowest BCUT2D eigenvalue weighted by molar-refractivity contribution is -0.0923. The van der Waals surface area contributed by atoms with Gasteiger partial charge in [-0.15, -0.1) is 0 Å². The second-order valence-corrected chi connectivity index (χ2v) is 6.26. The minimum Gasteiger partial charge on any atom is -0.465 e. The average molecular weight is 275 g/mol. The minimum atomic E-state index is -0.301. The Kier molecular flexibility index (Phi) is 3.21. The molecule has 0 radical (unpaired) electrons. The van der Waals surface area contributed by atoms with Gasteiger partial charge in [0, 0.05) is 29.7 Å². The first-order valence-electron chi connectivity index (χ1n) is 7.10. The molecule has 4 nitrogen and oxygen atoms in total. The summed E-state index contributed by atoms with van der Waals surface area (Å²) in [6.07, 6.45) is 1.51. The third-order valence-corrected chi connectivity index (χ3v) is 4.73. The van der Waals surface area contributed by atoms with Gasteiger partial charge in [0.25, 0.3) is 0 Å². The maximum Gasteiger partial charge on any atom is 0.337 e. The third-order valence-electron chi connectivity index (χ3n) is 4.73. The molecule has 0 amide bonds. The van der Waals surface area contributed by atoms with Gasteiger partial charge in [-0.05, 0) is 30.7 Å². The van der Waals surface area contributed by atoms with Gasteiger partial charge < -0.3 is 14.8 Å². The molecule has 4 heteroatoms. The largest absolute Gasteiger partial charge is 0.465 e. The van der Waals surface area contributed by atoms with Gasteiger partial charge in [0.15, 0.2) is 0 Å². The maximum atomic E-state index is 11.4. The molecule has 1 aromatic rings. The number of hydrogen-bond acceptors (Lipinski definition) is 4. The maximum absolute atomic E-state index is 11.4. The molecule has 1 aromatic carbocycles. The van der Waals surface area contributed by atoms with Crippen molar-refractivity contribution in [1.29, 1.82) is 0 Å². The summed E-state index contributed by atoms with van der Waals surface area (Å²) >= 11 is 0. The summed E-state index contributed by atoms with van der Waals surface area (Å²) in [5.74, 6) is 0.301. The van der Waals surface area contributed by atoms with Gasteiger partial charge in [-0.3, -0.25) is 0 Å². The average Bonchev–Trinajstić information content (AvgIpc) is 2.91. The molecule has 3 atom stereocenters. The van der Waals surface area contributed by atoms with E-state index in [9.17, 15) is 4.79 Å². The molecule has 1 N–H and O–H groups in total. The molecule has 1 saturated heterocycles. The van der Waals surface area contributed by atoms with Crippen LogP contribution < -0.4 is 5.32 Å². The number of hydrogen-bond donors (Lipinski definition) is 1. The van der Waals surface area contributed by atoms with Crippen LogP contribution in [0.5, 0.6) is 0 Å². The first-order chi connectivity index (χ1) is 9.54. The van der Waals surface area contributed by atoms with Crippen molar-refractivity contribution in [2.24, 2.45) is 11.3 Å². The fourth-order valence-electron chi connectivity index (χ4n) is 3.62. The highest BCUT2D eigenvalue weighted by atomic mass is 16.5. The lowest BCUT2D eigenvalue weighted by atomic mass is 9.57. The van der Waals surface area contributed by atoms with Crippen LogP contribution in [0.15, 0.2) is 24.3 Å². The number of esters is 1. The van der Waals surface area contributed by atoms with Crippen LogP contribution in [-0.4, -0.2) is 31.8 Å². The van der Waals surface area contributed by atoms with Gasteiger partial charge in [-0.25, -0.2) is 4.79 Å². The smallest absolute Gasteiger partial charge is 0.337 e. The number of carbonyl (C=O) groups is 1. The third kappa shape index (κ3) is 1.99. The first kappa shape index (κ1) is 13.4. The molecule has 1 saturated carbocycles. The summed E-state index contributed by atoms with van der Waals surface area (Å²) < 4.78 is 10.5. The Morgan fingerprint density at radius 2 is 2.05 bits per heavy atom. The van der Waals surface area contributed by atoms with Crippen molar-refractivity contribution in [1.82, 2.24) is 0 Å². The second-order valence-electron chi connectivity index (χ2n) is 6.26. The van der Waals surface area contributed by atoms with Crippen molar-refractivity contribution < 1.29 is 14.3 Å². The van der Waals surface area contributed by atoms with Gasteiger partial charge in [-0.1, -0.05) is 13.8 Å². The fourth-order valence-corrected chi connectivity index (χ4v) is 3.62. The SMILES string of the molecule is COC(=O)c1ccc(NC2C3CCOC3C2(C)C)cc1. The standard InChI is InChI=1S/C16H21NO3/c1-16(2)13(12-8-9-20-14(12)16)17-11-6-4-10(5-7-11)15(18)19-3/h4-7,12-14,17H,8-9H2,1-3H3. The number of carbonyl (C=O) groups excluding carboxylic acids is 1. The van der Waals surface area contributed by atoms with Gasteiger partial charge in [0.1, 0.15) is 0 Å². The summed E-state index contributed by atoms with van der Waals surface area (Å²) in [5, 5.41) is 3.59. The zero-order valence-electron chi connectivity index (χ0n) is 12.2. The number of fused-ring (bicyclic) bond motifs is 1.